The second kappa shape index (κ2) is 9.91. The Morgan fingerprint density at radius 2 is 1.78 bits per heavy atom. The van der Waals surface area contributed by atoms with E-state index >= 15 is 0 Å². The molecule has 12 heteroatoms. The number of fused-ring (bicyclic) bond motifs is 1. The molecule has 0 spiro atoms. The first kappa shape index (κ1) is 23.7. The maximum Gasteiger partial charge on any atom is 0.353 e. The third-order valence-corrected chi connectivity index (χ3v) is 8.19. The molecule has 2 aromatic carbocycles. The molecule has 2 amide bonds. The van der Waals surface area contributed by atoms with Crippen molar-refractivity contribution in [2.75, 3.05) is 5.75 Å². The van der Waals surface area contributed by atoms with Gasteiger partial charge in [-0.05, 0) is 18.2 Å². The SMILES string of the molecule is O=C(O)C1=C(Sc2ccnn2-c2ccccc2)CS[C@@H]2[C@H](NC(=O)/C(=N\O)c3ccccc3)C(=O)N12. The largest absolute Gasteiger partial charge is 0.477 e. The minimum Gasteiger partial charge on any atom is -0.477 e. The van der Waals surface area contributed by atoms with Gasteiger partial charge < -0.3 is 15.6 Å². The molecule has 182 valence electrons. The molecule has 2 aliphatic rings. The van der Waals surface area contributed by atoms with E-state index in [4.69, 9.17) is 0 Å². The van der Waals surface area contributed by atoms with Crippen LogP contribution >= 0.6 is 23.5 Å². The summed E-state index contributed by atoms with van der Waals surface area (Å²) in [6, 6.07) is 18.6. The van der Waals surface area contributed by atoms with Crippen molar-refractivity contribution in [3.05, 3.63) is 89.1 Å². The Hall–Kier alpha value is -4.03. The van der Waals surface area contributed by atoms with Crippen LogP contribution in [0.3, 0.4) is 0 Å². The predicted octanol–water partition coefficient (Wildman–Crippen LogP) is 2.54. The fourth-order valence-electron chi connectivity index (χ4n) is 3.97. The van der Waals surface area contributed by atoms with Gasteiger partial charge in [0.1, 0.15) is 22.1 Å². The molecular formula is C24H19N5O5S2. The minimum absolute atomic E-state index is 0.112. The maximum atomic E-state index is 13.0. The van der Waals surface area contributed by atoms with Gasteiger partial charge in [-0.15, -0.1) is 11.8 Å². The number of carboxylic acid groups (broad SMARTS) is 1. The van der Waals surface area contributed by atoms with Crippen molar-refractivity contribution in [2.45, 2.75) is 16.4 Å². The van der Waals surface area contributed by atoms with Gasteiger partial charge in [0, 0.05) is 16.2 Å². The summed E-state index contributed by atoms with van der Waals surface area (Å²) in [4.78, 5) is 39.7. The molecule has 2 atom stereocenters. The zero-order valence-electron chi connectivity index (χ0n) is 18.5. The highest BCUT2D eigenvalue weighted by molar-refractivity contribution is 8.06. The molecule has 1 aromatic heterocycles. The van der Waals surface area contributed by atoms with Gasteiger partial charge in [-0.3, -0.25) is 14.5 Å². The Labute approximate surface area is 213 Å². The average Bonchev–Trinajstić information content (AvgIpc) is 3.36. The van der Waals surface area contributed by atoms with E-state index in [1.807, 2.05) is 30.3 Å². The van der Waals surface area contributed by atoms with Crippen molar-refractivity contribution in [3.8, 4) is 5.69 Å². The summed E-state index contributed by atoms with van der Waals surface area (Å²) >= 11 is 2.59. The number of thioether (sulfide) groups is 2. The number of aliphatic carboxylic acids is 1. The standard InChI is InChI=1S/C24H19N5O5S2/c30-21(18(27-34)14-7-3-1-4-8-14)26-19-22(31)28-20(24(32)33)16(13-35-23(19)28)36-17-11-12-25-29(17)15-9-5-2-6-10-15/h1-12,19,23,34H,13H2,(H,26,30)(H,32,33)/b27-18-/t19-,23-/m1/s1. The average molecular weight is 522 g/mol. The first-order valence-corrected chi connectivity index (χ1v) is 12.6. The van der Waals surface area contributed by atoms with Crippen LogP contribution in [-0.2, 0) is 14.4 Å². The number of β-lactam (4-membered cyclic amide) rings is 1. The lowest BCUT2D eigenvalue weighted by atomic mass is 10.0. The summed E-state index contributed by atoms with van der Waals surface area (Å²) in [6.07, 6.45) is 1.63. The van der Waals surface area contributed by atoms with Crippen LogP contribution in [0.5, 0.6) is 0 Å². The lowest BCUT2D eigenvalue weighted by Gasteiger charge is -2.49. The van der Waals surface area contributed by atoms with Crippen LogP contribution in [0.25, 0.3) is 5.69 Å². The topological polar surface area (TPSA) is 137 Å². The molecule has 3 heterocycles. The molecule has 36 heavy (non-hydrogen) atoms. The molecule has 3 aromatic rings. The van der Waals surface area contributed by atoms with Crippen LogP contribution in [0.15, 0.2) is 93.7 Å². The number of hydrogen-bond donors (Lipinski definition) is 3. The summed E-state index contributed by atoms with van der Waals surface area (Å²) < 4.78 is 1.70. The minimum atomic E-state index is -1.23. The van der Waals surface area contributed by atoms with Crippen molar-refractivity contribution >= 4 is 47.0 Å². The number of oxime groups is 1. The molecule has 2 aliphatic heterocycles. The Morgan fingerprint density at radius 1 is 1.08 bits per heavy atom. The number of carboxylic acids is 1. The van der Waals surface area contributed by atoms with Crippen LogP contribution in [0.1, 0.15) is 5.56 Å². The molecule has 0 unspecified atom stereocenters. The number of carbonyl (C=O) groups is 3. The fourth-order valence-corrected chi connectivity index (χ4v) is 6.50. The second-order valence-corrected chi connectivity index (χ2v) is 9.99. The van der Waals surface area contributed by atoms with Gasteiger partial charge in [0.2, 0.25) is 0 Å². The predicted molar refractivity (Wildman–Crippen MR) is 134 cm³/mol. The van der Waals surface area contributed by atoms with Gasteiger partial charge in [-0.25, -0.2) is 9.48 Å². The number of nitrogens with zero attached hydrogens (tertiary/aromatic N) is 4. The molecule has 1 saturated heterocycles. The second-order valence-electron chi connectivity index (χ2n) is 7.77. The molecular weight excluding hydrogens is 502 g/mol. The summed E-state index contributed by atoms with van der Waals surface area (Å²) in [5.41, 5.74) is 0.866. The molecule has 0 aliphatic carbocycles. The Bertz CT molecular complexity index is 1390. The number of nitrogens with one attached hydrogen (secondary N) is 1. The number of carbonyl (C=O) groups excluding carboxylic acids is 2. The molecule has 10 nitrogen and oxygen atoms in total. The van der Waals surface area contributed by atoms with Crippen molar-refractivity contribution in [3.63, 3.8) is 0 Å². The maximum absolute atomic E-state index is 13.0. The highest BCUT2D eigenvalue weighted by Crippen LogP contribution is 2.45. The summed E-state index contributed by atoms with van der Waals surface area (Å²) in [7, 11) is 0. The third kappa shape index (κ3) is 4.25. The van der Waals surface area contributed by atoms with Crippen LogP contribution in [0.4, 0.5) is 0 Å². The van der Waals surface area contributed by atoms with E-state index < -0.39 is 29.2 Å². The fraction of sp³-hybridized carbons (Fsp3) is 0.125. The van der Waals surface area contributed by atoms with E-state index in [2.05, 4.69) is 15.6 Å². The van der Waals surface area contributed by atoms with E-state index in [0.717, 1.165) is 5.69 Å². The van der Waals surface area contributed by atoms with E-state index in [1.54, 1.807) is 47.3 Å². The van der Waals surface area contributed by atoms with Crippen molar-refractivity contribution in [2.24, 2.45) is 5.16 Å². The summed E-state index contributed by atoms with van der Waals surface area (Å²) in [5.74, 6) is -2.17. The number of para-hydroxylation sites is 1. The van der Waals surface area contributed by atoms with E-state index in [1.165, 1.54) is 28.4 Å². The first-order valence-electron chi connectivity index (χ1n) is 10.8. The third-order valence-electron chi connectivity index (χ3n) is 5.62. The highest BCUT2D eigenvalue weighted by Gasteiger charge is 2.54. The van der Waals surface area contributed by atoms with Gasteiger partial charge in [0.05, 0.1) is 11.9 Å². The highest BCUT2D eigenvalue weighted by atomic mass is 32.2. The lowest BCUT2D eigenvalue weighted by molar-refractivity contribution is -0.150. The lowest BCUT2D eigenvalue weighted by Crippen LogP contribution is -2.71. The Balaban J connectivity index is 1.36. The van der Waals surface area contributed by atoms with Crippen LogP contribution in [-0.4, -0.2) is 65.7 Å². The number of rotatable bonds is 7. The summed E-state index contributed by atoms with van der Waals surface area (Å²) in [5, 5.41) is 29.5. The first-order chi connectivity index (χ1) is 17.5. The van der Waals surface area contributed by atoms with E-state index in [0.29, 0.717) is 21.2 Å². The molecule has 0 bridgehead atoms. The number of aromatic nitrogens is 2. The molecule has 3 N–H and O–H groups in total. The number of amides is 2. The number of benzene rings is 2. The van der Waals surface area contributed by atoms with Gasteiger partial charge in [-0.1, -0.05) is 65.4 Å². The quantitative estimate of drug-likeness (QED) is 0.187. The normalized spacial score (nSPS) is 19.5. The van der Waals surface area contributed by atoms with Crippen LogP contribution in [0, 0.1) is 0 Å². The van der Waals surface area contributed by atoms with Gasteiger partial charge in [-0.2, -0.15) is 5.10 Å². The molecule has 1 fully saturated rings. The van der Waals surface area contributed by atoms with Crippen LogP contribution < -0.4 is 5.32 Å². The Kier molecular flexibility index (Phi) is 6.53. The van der Waals surface area contributed by atoms with Crippen molar-refractivity contribution in [1.29, 1.82) is 0 Å². The summed E-state index contributed by atoms with van der Waals surface area (Å²) in [6.45, 7) is 0. The monoisotopic (exact) mass is 521 g/mol. The van der Waals surface area contributed by atoms with Gasteiger partial charge >= 0.3 is 5.97 Å². The van der Waals surface area contributed by atoms with Crippen molar-refractivity contribution < 1.29 is 24.7 Å². The molecule has 5 rings (SSSR count). The Morgan fingerprint density at radius 3 is 2.44 bits per heavy atom. The molecule has 0 saturated carbocycles. The van der Waals surface area contributed by atoms with Gasteiger partial charge in [0.15, 0.2) is 5.71 Å². The van der Waals surface area contributed by atoms with Crippen molar-refractivity contribution in [1.82, 2.24) is 20.0 Å². The van der Waals surface area contributed by atoms with E-state index in [9.17, 15) is 24.7 Å². The zero-order valence-corrected chi connectivity index (χ0v) is 20.1. The smallest absolute Gasteiger partial charge is 0.353 e. The van der Waals surface area contributed by atoms with Gasteiger partial charge in [0.25, 0.3) is 11.8 Å². The van der Waals surface area contributed by atoms with Crippen LogP contribution in [0.2, 0.25) is 0 Å². The molecule has 0 radical (unpaired) electrons. The van der Waals surface area contributed by atoms with E-state index in [-0.39, 0.29) is 11.4 Å². The zero-order chi connectivity index (χ0) is 25.2. The number of hydrogen-bond acceptors (Lipinski definition) is 8.